The third-order valence-electron chi connectivity index (χ3n) is 3.16. The molecule has 0 bridgehead atoms. The molecule has 1 aromatic carbocycles. The maximum Gasteiger partial charge on any atom is 0.269 e. The number of aromatic amines is 1. The lowest BCUT2D eigenvalue weighted by Crippen LogP contribution is -2.26. The van der Waals surface area contributed by atoms with Crippen LogP contribution in [-0.2, 0) is 6.42 Å². The number of fused-ring (bicyclic) bond motifs is 1. The zero-order valence-electron chi connectivity index (χ0n) is 11.0. The highest BCUT2D eigenvalue weighted by atomic mass is 79.9. The fraction of sp³-hybridized carbons (Fsp3) is 0.133. The van der Waals surface area contributed by atoms with E-state index in [0.717, 1.165) is 21.8 Å². The maximum atomic E-state index is 12.2. The van der Waals surface area contributed by atoms with Gasteiger partial charge >= 0.3 is 0 Å². The second-order valence-electron chi connectivity index (χ2n) is 4.59. The zero-order valence-corrected chi connectivity index (χ0v) is 14.1. The molecule has 0 radical (unpaired) electrons. The van der Waals surface area contributed by atoms with Gasteiger partial charge < -0.3 is 10.3 Å². The molecule has 3 aromatic rings. The number of hydrogen-bond donors (Lipinski definition) is 2. The molecule has 0 saturated carbocycles. The van der Waals surface area contributed by atoms with Crippen LogP contribution in [0, 0.1) is 0 Å². The van der Waals surface area contributed by atoms with Crippen LogP contribution in [-0.4, -0.2) is 17.4 Å². The van der Waals surface area contributed by atoms with Gasteiger partial charge in [0, 0.05) is 26.8 Å². The van der Waals surface area contributed by atoms with Crippen LogP contribution in [0.1, 0.15) is 15.4 Å². The number of aromatic nitrogens is 1. The number of carbonyl (C=O) groups excluding carboxylic acids is 1. The molecule has 6 heteroatoms. The van der Waals surface area contributed by atoms with Gasteiger partial charge in [0.05, 0.1) is 5.02 Å². The van der Waals surface area contributed by atoms with E-state index in [1.807, 2.05) is 29.6 Å². The summed E-state index contributed by atoms with van der Waals surface area (Å²) in [6.45, 7) is 0.592. The van der Waals surface area contributed by atoms with Gasteiger partial charge in [-0.05, 0) is 36.1 Å². The predicted octanol–water partition coefficient (Wildman–Crippen LogP) is 4.62. The van der Waals surface area contributed by atoms with E-state index in [2.05, 4.69) is 32.3 Å². The number of hydrogen-bond acceptors (Lipinski definition) is 2. The van der Waals surface area contributed by atoms with Crippen molar-refractivity contribution in [3.63, 3.8) is 0 Å². The van der Waals surface area contributed by atoms with Crippen LogP contribution in [0.2, 0.25) is 5.02 Å². The number of thiophene rings is 1. The van der Waals surface area contributed by atoms with Gasteiger partial charge in [-0.3, -0.25) is 4.79 Å². The van der Waals surface area contributed by atoms with Crippen LogP contribution in [0.4, 0.5) is 0 Å². The summed E-state index contributed by atoms with van der Waals surface area (Å²) in [4.78, 5) is 16.5. The summed E-state index contributed by atoms with van der Waals surface area (Å²) in [6.07, 6.45) is 0.826. The summed E-state index contributed by atoms with van der Waals surface area (Å²) in [6, 6.07) is 9.77. The van der Waals surface area contributed by atoms with Gasteiger partial charge in [-0.15, -0.1) is 11.3 Å². The number of nitrogens with one attached hydrogen (secondary N) is 2. The summed E-state index contributed by atoms with van der Waals surface area (Å²) in [5, 5.41) is 6.23. The topological polar surface area (TPSA) is 44.9 Å². The molecular weight excluding hydrogens is 372 g/mol. The molecule has 0 atom stereocenters. The zero-order chi connectivity index (χ0) is 14.8. The van der Waals surface area contributed by atoms with Crippen molar-refractivity contribution in [3.05, 3.63) is 55.8 Å². The number of carbonyl (C=O) groups is 1. The second-order valence-corrected chi connectivity index (χ2v) is 6.92. The van der Waals surface area contributed by atoms with E-state index in [0.29, 0.717) is 17.3 Å². The summed E-state index contributed by atoms with van der Waals surface area (Å²) >= 11 is 11.4. The Kier molecular flexibility index (Phi) is 4.33. The lowest BCUT2D eigenvalue weighted by Gasteiger charge is -2.03. The normalized spacial score (nSPS) is 11.0. The molecule has 0 unspecified atom stereocenters. The van der Waals surface area contributed by atoms with Gasteiger partial charge in [0.15, 0.2) is 0 Å². The van der Waals surface area contributed by atoms with Crippen LogP contribution >= 0.6 is 38.9 Å². The van der Waals surface area contributed by atoms with E-state index < -0.39 is 0 Å². The summed E-state index contributed by atoms with van der Waals surface area (Å²) in [7, 11) is 0. The molecule has 2 heterocycles. The van der Waals surface area contributed by atoms with E-state index >= 15 is 0 Å². The third kappa shape index (κ3) is 3.15. The minimum atomic E-state index is -0.177. The molecule has 1 amide bonds. The van der Waals surface area contributed by atoms with E-state index in [1.54, 1.807) is 11.3 Å². The van der Waals surface area contributed by atoms with Crippen LogP contribution < -0.4 is 5.32 Å². The first-order valence-electron chi connectivity index (χ1n) is 6.42. The van der Waals surface area contributed by atoms with Crippen molar-refractivity contribution in [1.82, 2.24) is 10.3 Å². The Morgan fingerprint density at radius 2 is 2.24 bits per heavy atom. The van der Waals surface area contributed by atoms with E-state index in [9.17, 15) is 4.79 Å². The van der Waals surface area contributed by atoms with Crippen molar-refractivity contribution in [1.29, 1.82) is 0 Å². The van der Waals surface area contributed by atoms with Crippen molar-refractivity contribution < 1.29 is 4.79 Å². The Labute approximate surface area is 139 Å². The molecular formula is C15H12BrClN2OS. The van der Waals surface area contributed by atoms with E-state index in [4.69, 9.17) is 11.6 Å². The highest BCUT2D eigenvalue weighted by molar-refractivity contribution is 9.10. The van der Waals surface area contributed by atoms with Crippen molar-refractivity contribution in [2.45, 2.75) is 6.42 Å². The van der Waals surface area contributed by atoms with Gasteiger partial charge in [-0.2, -0.15) is 0 Å². The van der Waals surface area contributed by atoms with Gasteiger partial charge in [-0.25, -0.2) is 0 Å². The standard InChI is InChI=1S/C15H12BrClN2OS/c16-9-3-4-12-11(8-9)13(17)14(19-12)15(20)18-6-5-10-2-1-7-21-10/h1-4,7-8,19H,5-6H2,(H,18,20). The maximum absolute atomic E-state index is 12.2. The molecule has 0 fully saturated rings. The molecule has 2 aromatic heterocycles. The van der Waals surface area contributed by atoms with E-state index in [1.165, 1.54) is 4.88 Å². The molecule has 3 rings (SSSR count). The highest BCUT2D eigenvalue weighted by Crippen LogP contribution is 2.29. The lowest BCUT2D eigenvalue weighted by atomic mass is 10.2. The lowest BCUT2D eigenvalue weighted by molar-refractivity contribution is 0.0950. The van der Waals surface area contributed by atoms with Gasteiger partial charge in [0.2, 0.25) is 0 Å². The smallest absolute Gasteiger partial charge is 0.269 e. The van der Waals surface area contributed by atoms with Gasteiger partial charge in [0.25, 0.3) is 5.91 Å². The minimum Gasteiger partial charge on any atom is -0.350 e. The molecule has 0 aliphatic carbocycles. The number of rotatable bonds is 4. The number of halogens is 2. The highest BCUT2D eigenvalue weighted by Gasteiger charge is 2.16. The van der Waals surface area contributed by atoms with Crippen LogP contribution in [0.25, 0.3) is 10.9 Å². The van der Waals surface area contributed by atoms with E-state index in [-0.39, 0.29) is 5.91 Å². The van der Waals surface area contributed by atoms with Gasteiger partial charge in [0.1, 0.15) is 5.69 Å². The Hall–Kier alpha value is -1.30. The molecule has 21 heavy (non-hydrogen) atoms. The molecule has 0 saturated heterocycles. The van der Waals surface area contributed by atoms with Crippen LogP contribution in [0.5, 0.6) is 0 Å². The molecule has 0 aliphatic rings. The first-order valence-corrected chi connectivity index (χ1v) is 8.47. The fourth-order valence-electron chi connectivity index (χ4n) is 2.13. The monoisotopic (exact) mass is 382 g/mol. The number of benzene rings is 1. The Balaban J connectivity index is 1.73. The summed E-state index contributed by atoms with van der Waals surface area (Å²) in [5.41, 5.74) is 1.27. The number of amides is 1. The largest absolute Gasteiger partial charge is 0.350 e. The Morgan fingerprint density at radius 1 is 1.38 bits per heavy atom. The summed E-state index contributed by atoms with van der Waals surface area (Å²) in [5.74, 6) is -0.177. The van der Waals surface area contributed by atoms with Crippen LogP contribution in [0.15, 0.2) is 40.2 Å². The average molecular weight is 384 g/mol. The number of H-pyrrole nitrogens is 1. The Bertz CT molecular complexity index is 782. The van der Waals surface area contributed by atoms with Crippen molar-refractivity contribution in [2.75, 3.05) is 6.54 Å². The second kappa shape index (κ2) is 6.22. The fourth-order valence-corrected chi connectivity index (χ4v) is 3.49. The predicted molar refractivity (Wildman–Crippen MR) is 91.4 cm³/mol. The Morgan fingerprint density at radius 3 is 3.00 bits per heavy atom. The molecule has 2 N–H and O–H groups in total. The molecule has 108 valence electrons. The molecule has 3 nitrogen and oxygen atoms in total. The SMILES string of the molecule is O=C(NCCc1cccs1)c1[nH]c2ccc(Br)cc2c1Cl. The van der Waals surface area contributed by atoms with Crippen LogP contribution in [0.3, 0.4) is 0 Å². The first-order chi connectivity index (χ1) is 10.1. The van der Waals surface area contributed by atoms with Gasteiger partial charge in [-0.1, -0.05) is 33.6 Å². The van der Waals surface area contributed by atoms with Crippen molar-refractivity contribution >= 4 is 55.7 Å². The van der Waals surface area contributed by atoms with Crippen molar-refractivity contribution in [3.8, 4) is 0 Å². The quantitative estimate of drug-likeness (QED) is 0.678. The average Bonchev–Trinajstić information content (AvgIpc) is 3.08. The van der Waals surface area contributed by atoms with Crippen molar-refractivity contribution in [2.24, 2.45) is 0 Å². The first kappa shape index (κ1) is 14.6. The molecule has 0 spiro atoms. The third-order valence-corrected chi connectivity index (χ3v) is 4.98. The minimum absolute atomic E-state index is 0.177. The summed E-state index contributed by atoms with van der Waals surface area (Å²) < 4.78 is 0.931. The molecule has 0 aliphatic heterocycles.